The molecule has 0 spiro atoms. The zero-order valence-electron chi connectivity index (χ0n) is 13.8. The van der Waals surface area contributed by atoms with Crippen LogP contribution in [0, 0.1) is 6.92 Å². The van der Waals surface area contributed by atoms with Crippen molar-refractivity contribution < 1.29 is 14.7 Å². The molecule has 1 fully saturated rings. The number of carbonyl (C=O) groups is 2. The molecular formula is C17H25N3O3. The van der Waals surface area contributed by atoms with Crippen LogP contribution < -0.4 is 5.73 Å². The Morgan fingerprint density at radius 3 is 2.74 bits per heavy atom. The fourth-order valence-electron chi connectivity index (χ4n) is 2.90. The maximum Gasteiger partial charge on any atom is 0.250 e. The van der Waals surface area contributed by atoms with E-state index in [2.05, 4.69) is 0 Å². The van der Waals surface area contributed by atoms with Gasteiger partial charge in [0.1, 0.15) is 0 Å². The number of benzene rings is 1. The summed E-state index contributed by atoms with van der Waals surface area (Å²) in [6.45, 7) is 3.54. The predicted octanol–water partition coefficient (Wildman–Crippen LogP) is 0.266. The molecule has 6 heteroatoms. The molecular weight excluding hydrogens is 294 g/mol. The zero-order chi connectivity index (χ0) is 17.0. The Hall–Kier alpha value is -1.92. The SMILES string of the molecule is Cc1ccccc1CN(C)C(=O)CN1CCC[C@@](O)(C(N)=O)C1. The van der Waals surface area contributed by atoms with Crippen LogP contribution in [0.25, 0.3) is 0 Å². The number of primary amides is 1. The third-order valence-corrected chi connectivity index (χ3v) is 4.46. The van der Waals surface area contributed by atoms with Crippen molar-refractivity contribution in [1.82, 2.24) is 9.80 Å². The Balaban J connectivity index is 1.93. The molecule has 1 saturated heterocycles. The van der Waals surface area contributed by atoms with E-state index in [4.69, 9.17) is 5.73 Å². The van der Waals surface area contributed by atoms with Crippen molar-refractivity contribution in [1.29, 1.82) is 0 Å². The molecule has 0 aliphatic carbocycles. The highest BCUT2D eigenvalue weighted by atomic mass is 16.3. The van der Waals surface area contributed by atoms with Crippen LogP contribution in [0.4, 0.5) is 0 Å². The number of β-amino-alcohol motifs (C(OH)–C–C–N with tert-alkyl or cyclic N) is 1. The molecule has 0 bridgehead atoms. The molecule has 1 aromatic carbocycles. The number of hydrogen-bond acceptors (Lipinski definition) is 4. The van der Waals surface area contributed by atoms with Crippen LogP contribution >= 0.6 is 0 Å². The van der Waals surface area contributed by atoms with Gasteiger partial charge in [0.15, 0.2) is 5.60 Å². The summed E-state index contributed by atoms with van der Waals surface area (Å²) in [4.78, 5) is 27.2. The van der Waals surface area contributed by atoms with Crippen molar-refractivity contribution in [2.75, 3.05) is 26.7 Å². The van der Waals surface area contributed by atoms with E-state index < -0.39 is 11.5 Å². The predicted molar refractivity (Wildman–Crippen MR) is 87.5 cm³/mol. The molecule has 0 aromatic heterocycles. The number of aryl methyl sites for hydroxylation is 1. The van der Waals surface area contributed by atoms with E-state index >= 15 is 0 Å². The van der Waals surface area contributed by atoms with Crippen molar-refractivity contribution in [2.24, 2.45) is 5.73 Å². The Morgan fingerprint density at radius 1 is 1.39 bits per heavy atom. The van der Waals surface area contributed by atoms with Crippen molar-refractivity contribution >= 4 is 11.8 Å². The van der Waals surface area contributed by atoms with Crippen molar-refractivity contribution in [3.05, 3.63) is 35.4 Å². The molecule has 1 aliphatic rings. The van der Waals surface area contributed by atoms with Gasteiger partial charge in [-0.3, -0.25) is 14.5 Å². The Labute approximate surface area is 136 Å². The van der Waals surface area contributed by atoms with E-state index in [1.54, 1.807) is 16.8 Å². The maximum absolute atomic E-state index is 12.4. The summed E-state index contributed by atoms with van der Waals surface area (Å²) < 4.78 is 0. The highest BCUT2D eigenvalue weighted by Gasteiger charge is 2.39. The van der Waals surface area contributed by atoms with Crippen LogP contribution in [0.2, 0.25) is 0 Å². The van der Waals surface area contributed by atoms with Crippen LogP contribution in [0.1, 0.15) is 24.0 Å². The molecule has 2 rings (SSSR count). The van der Waals surface area contributed by atoms with Gasteiger partial charge in [0.25, 0.3) is 5.91 Å². The van der Waals surface area contributed by atoms with Crippen LogP contribution in [0.15, 0.2) is 24.3 Å². The number of nitrogens with two attached hydrogens (primary N) is 1. The van der Waals surface area contributed by atoms with Gasteiger partial charge in [-0.15, -0.1) is 0 Å². The first-order chi connectivity index (χ1) is 10.8. The number of piperidine rings is 1. The first-order valence-corrected chi connectivity index (χ1v) is 7.85. The molecule has 23 heavy (non-hydrogen) atoms. The van der Waals surface area contributed by atoms with Gasteiger partial charge in [-0.2, -0.15) is 0 Å². The lowest BCUT2D eigenvalue weighted by molar-refractivity contribution is -0.145. The fourth-order valence-corrected chi connectivity index (χ4v) is 2.90. The zero-order valence-corrected chi connectivity index (χ0v) is 13.8. The topological polar surface area (TPSA) is 86.9 Å². The quantitative estimate of drug-likeness (QED) is 0.815. The normalized spacial score (nSPS) is 21.9. The second-order valence-corrected chi connectivity index (χ2v) is 6.39. The Morgan fingerprint density at radius 2 is 2.09 bits per heavy atom. The molecule has 6 nitrogen and oxygen atoms in total. The summed E-state index contributed by atoms with van der Waals surface area (Å²) in [6, 6.07) is 7.95. The first-order valence-electron chi connectivity index (χ1n) is 7.85. The second-order valence-electron chi connectivity index (χ2n) is 6.39. The van der Waals surface area contributed by atoms with Gasteiger partial charge >= 0.3 is 0 Å². The number of nitrogens with zero attached hydrogens (tertiary/aromatic N) is 2. The van der Waals surface area contributed by atoms with Gasteiger partial charge in [0.2, 0.25) is 5.91 Å². The third-order valence-electron chi connectivity index (χ3n) is 4.46. The monoisotopic (exact) mass is 319 g/mol. The second kappa shape index (κ2) is 7.10. The standard InChI is InChI=1S/C17H25N3O3/c1-13-6-3-4-7-14(13)10-19(2)15(21)11-20-9-5-8-17(23,12-20)16(18)22/h3-4,6-7,23H,5,8-12H2,1-2H3,(H2,18,22)/t17-/m0/s1. The lowest BCUT2D eigenvalue weighted by Gasteiger charge is -2.37. The van der Waals surface area contributed by atoms with E-state index in [1.807, 2.05) is 31.2 Å². The number of likely N-dealkylation sites (N-methyl/N-ethyl adjacent to an activating group) is 1. The molecule has 0 radical (unpaired) electrons. The summed E-state index contributed by atoms with van der Waals surface area (Å²) in [5.74, 6) is -0.759. The van der Waals surface area contributed by atoms with Crippen LogP contribution in [0.3, 0.4) is 0 Å². The average molecular weight is 319 g/mol. The lowest BCUT2D eigenvalue weighted by Crippen LogP contribution is -2.57. The maximum atomic E-state index is 12.4. The number of amides is 2. The smallest absolute Gasteiger partial charge is 0.250 e. The fraction of sp³-hybridized carbons (Fsp3) is 0.529. The number of hydrogen-bond donors (Lipinski definition) is 2. The van der Waals surface area contributed by atoms with Crippen molar-refractivity contribution in [3.63, 3.8) is 0 Å². The van der Waals surface area contributed by atoms with Crippen LogP contribution in [-0.2, 0) is 16.1 Å². The van der Waals surface area contributed by atoms with Crippen LogP contribution in [0.5, 0.6) is 0 Å². The summed E-state index contributed by atoms with van der Waals surface area (Å²) in [6.07, 6.45) is 1.00. The molecule has 1 aromatic rings. The van der Waals surface area contributed by atoms with E-state index in [1.165, 1.54) is 0 Å². The largest absolute Gasteiger partial charge is 0.379 e. The van der Waals surface area contributed by atoms with Gasteiger partial charge in [-0.25, -0.2) is 0 Å². The van der Waals surface area contributed by atoms with Crippen molar-refractivity contribution in [3.8, 4) is 0 Å². The molecule has 3 N–H and O–H groups in total. The summed E-state index contributed by atoms with van der Waals surface area (Å²) >= 11 is 0. The van der Waals surface area contributed by atoms with Gasteiger partial charge in [0.05, 0.1) is 6.54 Å². The summed E-state index contributed by atoms with van der Waals surface area (Å²) in [5, 5.41) is 10.2. The third kappa shape index (κ3) is 4.30. The van der Waals surface area contributed by atoms with E-state index in [9.17, 15) is 14.7 Å². The molecule has 126 valence electrons. The molecule has 2 amide bonds. The molecule has 1 atom stereocenters. The molecule has 0 saturated carbocycles. The molecule has 0 unspecified atom stereocenters. The number of aliphatic hydroxyl groups is 1. The first kappa shape index (κ1) is 17.4. The molecule has 1 aliphatic heterocycles. The summed E-state index contributed by atoms with van der Waals surface area (Å²) in [7, 11) is 1.76. The minimum absolute atomic E-state index is 0.0398. The highest BCUT2D eigenvalue weighted by Crippen LogP contribution is 2.20. The van der Waals surface area contributed by atoms with E-state index in [0.717, 1.165) is 11.1 Å². The van der Waals surface area contributed by atoms with Gasteiger partial charge in [-0.05, 0) is 37.4 Å². The molecule has 1 heterocycles. The number of carbonyl (C=O) groups excluding carboxylic acids is 2. The Kier molecular flexibility index (Phi) is 5.38. The Bertz CT molecular complexity index is 590. The van der Waals surface area contributed by atoms with Gasteiger partial charge in [-0.1, -0.05) is 24.3 Å². The number of likely N-dealkylation sites (tertiary alicyclic amines) is 1. The number of rotatable bonds is 5. The van der Waals surface area contributed by atoms with E-state index in [0.29, 0.717) is 25.9 Å². The van der Waals surface area contributed by atoms with Gasteiger partial charge in [0, 0.05) is 20.1 Å². The highest BCUT2D eigenvalue weighted by molar-refractivity contribution is 5.84. The average Bonchev–Trinajstić information content (AvgIpc) is 2.49. The van der Waals surface area contributed by atoms with Gasteiger partial charge < -0.3 is 15.7 Å². The minimum atomic E-state index is -1.52. The van der Waals surface area contributed by atoms with E-state index in [-0.39, 0.29) is 19.0 Å². The van der Waals surface area contributed by atoms with Crippen LogP contribution in [-0.4, -0.2) is 59.0 Å². The van der Waals surface area contributed by atoms with Crippen molar-refractivity contribution in [2.45, 2.75) is 31.9 Å². The summed E-state index contributed by atoms with van der Waals surface area (Å²) in [5.41, 5.74) is 6.00. The minimum Gasteiger partial charge on any atom is -0.379 e. The lowest BCUT2D eigenvalue weighted by atomic mass is 9.92.